The van der Waals surface area contributed by atoms with Gasteiger partial charge in [0.25, 0.3) is 0 Å². The highest BCUT2D eigenvalue weighted by Gasteiger charge is 2.30. The van der Waals surface area contributed by atoms with E-state index in [2.05, 4.69) is 10.6 Å². The molecule has 1 amide bonds. The molecule has 1 aliphatic carbocycles. The lowest BCUT2D eigenvalue weighted by molar-refractivity contribution is -0.125. The molecule has 6 heteroatoms. The normalized spacial score (nSPS) is 22.6. The molecule has 1 aliphatic rings. The Kier molecular flexibility index (Phi) is 4.88. The minimum absolute atomic E-state index is 0.0293. The molecular formula is C15H22N2O3S. The Bertz CT molecular complexity index is 596. The molecule has 0 aromatic heterocycles. The zero-order valence-electron chi connectivity index (χ0n) is 12.4. The van der Waals surface area contributed by atoms with E-state index in [0.29, 0.717) is 4.90 Å². The minimum atomic E-state index is -3.17. The summed E-state index contributed by atoms with van der Waals surface area (Å²) in [7, 11) is -1.51. The van der Waals surface area contributed by atoms with E-state index in [-0.39, 0.29) is 17.9 Å². The number of carbonyl (C=O) groups excluding carboxylic acids is 1. The first-order valence-electron chi connectivity index (χ1n) is 7.20. The molecule has 21 heavy (non-hydrogen) atoms. The lowest BCUT2D eigenvalue weighted by Gasteiger charge is -2.31. The first-order valence-corrected chi connectivity index (χ1v) is 9.09. The van der Waals surface area contributed by atoms with Gasteiger partial charge in [0.15, 0.2) is 9.84 Å². The van der Waals surface area contributed by atoms with Crippen molar-refractivity contribution < 1.29 is 13.2 Å². The van der Waals surface area contributed by atoms with Crippen molar-refractivity contribution in [1.82, 2.24) is 5.32 Å². The van der Waals surface area contributed by atoms with Gasteiger partial charge in [0.05, 0.1) is 10.8 Å². The molecule has 5 nitrogen and oxygen atoms in total. The van der Waals surface area contributed by atoms with Gasteiger partial charge in [0, 0.05) is 25.0 Å². The molecule has 1 aromatic carbocycles. The summed E-state index contributed by atoms with van der Waals surface area (Å²) < 4.78 is 22.9. The Morgan fingerprint density at radius 2 is 1.76 bits per heavy atom. The van der Waals surface area contributed by atoms with Crippen LogP contribution in [0.1, 0.15) is 25.7 Å². The molecule has 116 valence electrons. The predicted octanol–water partition coefficient (Wildman–Crippen LogP) is 1.81. The number of sulfone groups is 1. The Morgan fingerprint density at radius 3 is 2.33 bits per heavy atom. The van der Waals surface area contributed by atoms with E-state index >= 15 is 0 Å². The van der Waals surface area contributed by atoms with Crippen molar-refractivity contribution in [3.63, 3.8) is 0 Å². The van der Waals surface area contributed by atoms with Crippen LogP contribution in [0, 0.1) is 5.92 Å². The van der Waals surface area contributed by atoms with Crippen LogP contribution in [0.3, 0.4) is 0 Å². The summed E-state index contributed by atoms with van der Waals surface area (Å²) in [5, 5.41) is 6.09. The van der Waals surface area contributed by atoms with Crippen molar-refractivity contribution >= 4 is 21.4 Å². The predicted molar refractivity (Wildman–Crippen MR) is 83.0 cm³/mol. The van der Waals surface area contributed by atoms with Gasteiger partial charge < -0.3 is 10.6 Å². The Balaban J connectivity index is 2.10. The van der Waals surface area contributed by atoms with E-state index in [1.165, 1.54) is 6.26 Å². The Hall–Kier alpha value is -1.56. The molecule has 0 aliphatic heterocycles. The van der Waals surface area contributed by atoms with E-state index in [4.69, 9.17) is 0 Å². The summed E-state index contributed by atoms with van der Waals surface area (Å²) >= 11 is 0. The molecule has 0 saturated heterocycles. The third-order valence-electron chi connectivity index (χ3n) is 3.98. The molecular weight excluding hydrogens is 288 g/mol. The Morgan fingerprint density at radius 1 is 1.14 bits per heavy atom. The van der Waals surface area contributed by atoms with Gasteiger partial charge in [-0.3, -0.25) is 4.79 Å². The van der Waals surface area contributed by atoms with Crippen LogP contribution in [0.2, 0.25) is 0 Å². The Labute approximate surface area is 126 Å². The molecule has 0 radical (unpaired) electrons. The highest BCUT2D eigenvalue weighted by Crippen LogP contribution is 2.27. The summed E-state index contributed by atoms with van der Waals surface area (Å²) in [5.74, 6) is 0.0401. The number of rotatable bonds is 4. The van der Waals surface area contributed by atoms with Crippen molar-refractivity contribution in [1.29, 1.82) is 0 Å². The van der Waals surface area contributed by atoms with Crippen LogP contribution < -0.4 is 10.6 Å². The topological polar surface area (TPSA) is 75.3 Å². The molecule has 1 saturated carbocycles. The average molecular weight is 310 g/mol. The largest absolute Gasteiger partial charge is 0.382 e. The maximum atomic E-state index is 11.9. The number of hydrogen-bond acceptors (Lipinski definition) is 4. The molecule has 2 atom stereocenters. The molecule has 2 rings (SSSR count). The first-order chi connectivity index (χ1) is 9.91. The highest BCUT2D eigenvalue weighted by atomic mass is 32.2. The second-order valence-electron chi connectivity index (χ2n) is 5.55. The van der Waals surface area contributed by atoms with Crippen LogP contribution in [0.25, 0.3) is 0 Å². The molecule has 2 unspecified atom stereocenters. The fourth-order valence-electron chi connectivity index (χ4n) is 2.82. The lowest BCUT2D eigenvalue weighted by atomic mass is 9.83. The van der Waals surface area contributed by atoms with Gasteiger partial charge in [-0.05, 0) is 37.1 Å². The minimum Gasteiger partial charge on any atom is -0.382 e. The highest BCUT2D eigenvalue weighted by molar-refractivity contribution is 7.90. The molecule has 2 N–H and O–H groups in total. The van der Waals surface area contributed by atoms with Crippen LogP contribution >= 0.6 is 0 Å². The number of nitrogens with one attached hydrogen (secondary N) is 2. The fraction of sp³-hybridized carbons (Fsp3) is 0.533. The molecule has 0 heterocycles. The van der Waals surface area contributed by atoms with Crippen molar-refractivity contribution in [3.05, 3.63) is 24.3 Å². The number of anilines is 1. The first kappa shape index (κ1) is 15.8. The fourth-order valence-corrected chi connectivity index (χ4v) is 3.45. The second kappa shape index (κ2) is 6.47. The average Bonchev–Trinajstić information content (AvgIpc) is 2.46. The number of benzene rings is 1. The van der Waals surface area contributed by atoms with Gasteiger partial charge in [0.1, 0.15) is 0 Å². The van der Waals surface area contributed by atoms with Crippen molar-refractivity contribution in [2.45, 2.75) is 36.6 Å². The van der Waals surface area contributed by atoms with Crippen LogP contribution in [0.15, 0.2) is 29.2 Å². The van der Waals surface area contributed by atoms with Gasteiger partial charge in [-0.2, -0.15) is 0 Å². The van der Waals surface area contributed by atoms with E-state index in [0.717, 1.165) is 31.4 Å². The summed E-state index contributed by atoms with van der Waals surface area (Å²) in [5.41, 5.74) is 0.850. The van der Waals surface area contributed by atoms with E-state index < -0.39 is 9.84 Å². The van der Waals surface area contributed by atoms with Crippen molar-refractivity contribution in [2.75, 3.05) is 18.6 Å². The third kappa shape index (κ3) is 3.97. The number of hydrogen-bond donors (Lipinski definition) is 2. The molecule has 0 bridgehead atoms. The van der Waals surface area contributed by atoms with E-state index in [9.17, 15) is 13.2 Å². The van der Waals surface area contributed by atoms with E-state index in [1.54, 1.807) is 31.3 Å². The zero-order chi connectivity index (χ0) is 15.5. The molecule has 1 fully saturated rings. The second-order valence-corrected chi connectivity index (χ2v) is 7.57. The summed E-state index contributed by atoms with van der Waals surface area (Å²) in [6.45, 7) is 0. The van der Waals surface area contributed by atoms with Gasteiger partial charge in [-0.25, -0.2) is 8.42 Å². The monoisotopic (exact) mass is 310 g/mol. The van der Waals surface area contributed by atoms with Crippen LogP contribution in [-0.2, 0) is 14.6 Å². The van der Waals surface area contributed by atoms with E-state index in [1.807, 2.05) is 0 Å². The zero-order valence-corrected chi connectivity index (χ0v) is 13.2. The molecule has 0 spiro atoms. The maximum absolute atomic E-state index is 11.9. The lowest BCUT2D eigenvalue weighted by Crippen LogP contribution is -2.41. The van der Waals surface area contributed by atoms with Crippen LogP contribution in [0.4, 0.5) is 5.69 Å². The summed E-state index contributed by atoms with van der Waals surface area (Å²) in [6.07, 6.45) is 5.21. The molecule has 1 aromatic rings. The summed E-state index contributed by atoms with van der Waals surface area (Å²) in [6, 6.07) is 6.80. The maximum Gasteiger partial charge on any atom is 0.224 e. The van der Waals surface area contributed by atoms with Crippen molar-refractivity contribution in [3.8, 4) is 0 Å². The van der Waals surface area contributed by atoms with Crippen LogP contribution in [-0.4, -0.2) is 33.7 Å². The number of amides is 1. The van der Waals surface area contributed by atoms with Gasteiger partial charge >= 0.3 is 0 Å². The summed E-state index contributed by atoms with van der Waals surface area (Å²) in [4.78, 5) is 12.2. The van der Waals surface area contributed by atoms with Crippen molar-refractivity contribution in [2.24, 2.45) is 5.92 Å². The van der Waals surface area contributed by atoms with Crippen LogP contribution in [0.5, 0.6) is 0 Å². The van der Waals surface area contributed by atoms with Gasteiger partial charge in [-0.1, -0.05) is 12.8 Å². The SMILES string of the molecule is CNC(=O)C1CCCCC1Nc1ccc(S(C)(=O)=O)cc1. The quantitative estimate of drug-likeness (QED) is 0.889. The van der Waals surface area contributed by atoms with Gasteiger partial charge in [0.2, 0.25) is 5.91 Å². The smallest absolute Gasteiger partial charge is 0.224 e. The standard InChI is InChI=1S/C15H22N2O3S/c1-16-15(18)13-5-3-4-6-14(13)17-11-7-9-12(10-8-11)21(2,19)20/h7-10,13-14,17H,3-6H2,1-2H3,(H,16,18). The third-order valence-corrected chi connectivity index (χ3v) is 5.11. The number of carbonyl (C=O) groups is 1. The van der Waals surface area contributed by atoms with Gasteiger partial charge in [-0.15, -0.1) is 0 Å².